The van der Waals surface area contributed by atoms with Gasteiger partial charge in [0.05, 0.1) is 18.8 Å². The Morgan fingerprint density at radius 1 is 1.39 bits per heavy atom. The zero-order valence-corrected chi connectivity index (χ0v) is 14.0. The Morgan fingerprint density at radius 2 is 2.09 bits per heavy atom. The van der Waals surface area contributed by atoms with E-state index in [1.807, 2.05) is 38.1 Å². The predicted molar refractivity (Wildman–Crippen MR) is 87.0 cm³/mol. The summed E-state index contributed by atoms with van der Waals surface area (Å²) in [6.45, 7) is 5.54. The first-order valence-electron chi connectivity index (χ1n) is 7.82. The van der Waals surface area contributed by atoms with Crippen LogP contribution in [0.4, 0.5) is 0 Å². The summed E-state index contributed by atoms with van der Waals surface area (Å²) in [7, 11) is 1.58. The molecular weight excluding hydrogens is 294 g/mol. The van der Waals surface area contributed by atoms with Crippen LogP contribution in [0.2, 0.25) is 0 Å². The zero-order chi connectivity index (χ0) is 17.0. The first kappa shape index (κ1) is 17.1. The number of methoxy groups -OCH3 is 1. The van der Waals surface area contributed by atoms with E-state index in [9.17, 15) is 9.59 Å². The van der Waals surface area contributed by atoms with Crippen LogP contribution < -0.4 is 10.1 Å². The number of nitrogens with one attached hydrogen (secondary N) is 1. The van der Waals surface area contributed by atoms with Crippen molar-refractivity contribution in [3.8, 4) is 5.75 Å². The third-order valence-electron chi connectivity index (χ3n) is 4.09. The van der Waals surface area contributed by atoms with Crippen molar-refractivity contribution >= 4 is 11.9 Å². The highest BCUT2D eigenvalue weighted by Crippen LogP contribution is 2.38. The highest BCUT2D eigenvalue weighted by Gasteiger charge is 2.34. The number of esters is 1. The Hall–Kier alpha value is -2.30. The second-order valence-electron chi connectivity index (χ2n) is 5.71. The van der Waals surface area contributed by atoms with Crippen molar-refractivity contribution in [1.82, 2.24) is 5.32 Å². The summed E-state index contributed by atoms with van der Waals surface area (Å²) in [6.07, 6.45) is 0.769. The summed E-state index contributed by atoms with van der Waals surface area (Å²) < 4.78 is 10.9. The molecule has 0 saturated heterocycles. The molecular formula is C18H23NO4. The number of para-hydroxylation sites is 1. The fourth-order valence-electron chi connectivity index (χ4n) is 2.72. The molecule has 2 rings (SSSR count). The van der Waals surface area contributed by atoms with Gasteiger partial charge in [-0.1, -0.05) is 25.1 Å². The van der Waals surface area contributed by atoms with Gasteiger partial charge in [-0.25, -0.2) is 4.79 Å². The molecule has 0 bridgehead atoms. The molecule has 0 spiro atoms. The molecule has 1 aliphatic heterocycles. The van der Waals surface area contributed by atoms with Gasteiger partial charge in [0.2, 0.25) is 5.91 Å². The topological polar surface area (TPSA) is 64.6 Å². The van der Waals surface area contributed by atoms with Crippen LogP contribution in [0.15, 0.2) is 35.5 Å². The molecule has 124 valence electrons. The minimum atomic E-state index is -0.382. The van der Waals surface area contributed by atoms with Gasteiger partial charge in [0.15, 0.2) is 0 Å². The summed E-state index contributed by atoms with van der Waals surface area (Å²) >= 11 is 0. The van der Waals surface area contributed by atoms with E-state index < -0.39 is 0 Å². The van der Waals surface area contributed by atoms with Gasteiger partial charge in [0.25, 0.3) is 0 Å². The van der Waals surface area contributed by atoms with Crippen LogP contribution in [0.25, 0.3) is 0 Å². The van der Waals surface area contributed by atoms with E-state index in [1.165, 1.54) is 0 Å². The maximum absolute atomic E-state index is 12.6. The van der Waals surface area contributed by atoms with E-state index in [-0.39, 0.29) is 30.3 Å². The predicted octanol–water partition coefficient (Wildman–Crippen LogP) is 2.91. The lowest BCUT2D eigenvalue weighted by molar-refractivity contribution is -0.144. The van der Waals surface area contributed by atoms with Crippen LogP contribution in [0.3, 0.4) is 0 Å². The molecule has 5 nitrogen and oxygen atoms in total. The fraction of sp³-hybridized carbons (Fsp3) is 0.444. The minimum absolute atomic E-state index is 0.113. The van der Waals surface area contributed by atoms with Gasteiger partial charge in [-0.3, -0.25) is 4.79 Å². The molecule has 0 aliphatic carbocycles. The van der Waals surface area contributed by atoms with E-state index in [1.54, 1.807) is 14.0 Å². The van der Waals surface area contributed by atoms with Crippen molar-refractivity contribution in [3.63, 3.8) is 0 Å². The summed E-state index contributed by atoms with van der Waals surface area (Å²) in [5.74, 6) is -0.198. The van der Waals surface area contributed by atoms with E-state index in [4.69, 9.17) is 9.47 Å². The summed E-state index contributed by atoms with van der Waals surface area (Å²) in [6, 6.07) is 7.44. The average molecular weight is 317 g/mol. The van der Waals surface area contributed by atoms with Crippen LogP contribution in [0.1, 0.15) is 45.1 Å². The molecule has 1 N–H and O–H groups in total. The lowest BCUT2D eigenvalue weighted by Gasteiger charge is -2.28. The lowest BCUT2D eigenvalue weighted by atomic mass is 9.84. The molecule has 1 amide bonds. The largest absolute Gasteiger partial charge is 0.496 e. The number of carbonyl (C=O) groups is 2. The molecule has 1 heterocycles. The SMILES string of the molecule is CC[C@@H](C)OC(=O)C1=C(C)NC(=O)C[C@H]1c1ccccc1OC. The number of amides is 1. The standard InChI is InChI=1S/C18H23NO4/c1-5-11(2)23-18(21)17-12(3)19-16(20)10-14(17)13-8-6-7-9-15(13)22-4/h6-9,11,14H,5,10H2,1-4H3,(H,19,20)/t11-,14+/m1/s1. The first-order valence-corrected chi connectivity index (χ1v) is 7.82. The average Bonchev–Trinajstić information content (AvgIpc) is 2.53. The second kappa shape index (κ2) is 7.31. The van der Waals surface area contributed by atoms with Crippen LogP contribution in [0.5, 0.6) is 5.75 Å². The molecule has 0 unspecified atom stereocenters. The molecule has 1 aromatic carbocycles. The number of benzene rings is 1. The second-order valence-corrected chi connectivity index (χ2v) is 5.71. The van der Waals surface area contributed by atoms with Gasteiger partial charge in [-0.15, -0.1) is 0 Å². The highest BCUT2D eigenvalue weighted by atomic mass is 16.5. The van der Waals surface area contributed by atoms with Crippen molar-refractivity contribution in [3.05, 3.63) is 41.1 Å². The smallest absolute Gasteiger partial charge is 0.336 e. The minimum Gasteiger partial charge on any atom is -0.496 e. The van der Waals surface area contributed by atoms with Gasteiger partial charge in [-0.05, 0) is 26.3 Å². The lowest BCUT2D eigenvalue weighted by Crippen LogP contribution is -2.35. The Kier molecular flexibility index (Phi) is 5.42. The van der Waals surface area contributed by atoms with E-state index in [2.05, 4.69) is 5.32 Å². The van der Waals surface area contributed by atoms with Gasteiger partial charge in [0, 0.05) is 23.6 Å². The molecule has 5 heteroatoms. The molecule has 1 aliphatic rings. The maximum Gasteiger partial charge on any atom is 0.336 e. The first-order chi connectivity index (χ1) is 11.0. The third-order valence-corrected chi connectivity index (χ3v) is 4.09. The number of hydrogen-bond donors (Lipinski definition) is 1. The molecule has 1 aromatic rings. The number of ether oxygens (including phenoxy) is 2. The van der Waals surface area contributed by atoms with Gasteiger partial charge < -0.3 is 14.8 Å². The Balaban J connectivity index is 2.44. The number of rotatable bonds is 5. The Bertz CT molecular complexity index is 636. The monoisotopic (exact) mass is 317 g/mol. The van der Waals surface area contributed by atoms with Crippen molar-refractivity contribution in [1.29, 1.82) is 0 Å². The van der Waals surface area contributed by atoms with E-state index >= 15 is 0 Å². The summed E-state index contributed by atoms with van der Waals surface area (Å²) in [5.41, 5.74) is 1.86. The quantitative estimate of drug-likeness (QED) is 0.848. The van der Waals surface area contributed by atoms with Crippen LogP contribution >= 0.6 is 0 Å². The van der Waals surface area contributed by atoms with Crippen LogP contribution in [-0.4, -0.2) is 25.1 Å². The fourth-order valence-corrected chi connectivity index (χ4v) is 2.72. The summed E-state index contributed by atoms with van der Waals surface area (Å²) in [4.78, 5) is 24.6. The molecule has 2 atom stereocenters. The Labute approximate surface area is 136 Å². The van der Waals surface area contributed by atoms with E-state index in [0.717, 1.165) is 12.0 Å². The zero-order valence-electron chi connectivity index (χ0n) is 14.0. The van der Waals surface area contributed by atoms with E-state index in [0.29, 0.717) is 17.0 Å². The molecule has 23 heavy (non-hydrogen) atoms. The van der Waals surface area contributed by atoms with Crippen molar-refractivity contribution in [2.45, 2.75) is 45.6 Å². The molecule has 0 radical (unpaired) electrons. The summed E-state index contributed by atoms with van der Waals surface area (Å²) in [5, 5.41) is 2.74. The normalized spacial score (nSPS) is 19.1. The maximum atomic E-state index is 12.6. The van der Waals surface area contributed by atoms with Crippen molar-refractivity contribution in [2.24, 2.45) is 0 Å². The number of hydrogen-bond acceptors (Lipinski definition) is 4. The molecule has 0 saturated carbocycles. The van der Waals surface area contributed by atoms with Crippen LogP contribution in [-0.2, 0) is 14.3 Å². The molecule has 0 aromatic heterocycles. The highest BCUT2D eigenvalue weighted by molar-refractivity contribution is 5.96. The third kappa shape index (κ3) is 3.73. The van der Waals surface area contributed by atoms with Gasteiger partial charge in [0.1, 0.15) is 5.75 Å². The van der Waals surface area contributed by atoms with Crippen molar-refractivity contribution < 1.29 is 19.1 Å². The number of carbonyl (C=O) groups excluding carboxylic acids is 2. The van der Waals surface area contributed by atoms with Gasteiger partial charge >= 0.3 is 5.97 Å². The van der Waals surface area contributed by atoms with Crippen molar-refractivity contribution in [2.75, 3.05) is 7.11 Å². The van der Waals surface area contributed by atoms with Gasteiger partial charge in [-0.2, -0.15) is 0 Å². The Morgan fingerprint density at radius 3 is 2.74 bits per heavy atom. The number of allylic oxidation sites excluding steroid dienone is 1. The van der Waals surface area contributed by atoms with Crippen LogP contribution in [0, 0.1) is 0 Å². The molecule has 0 fully saturated rings.